The first-order valence-corrected chi connectivity index (χ1v) is 4.97. The number of hydrogen-bond donors (Lipinski definition) is 1. The number of hydrogen-bond acceptors (Lipinski definition) is 1. The molecule has 0 nitrogen and oxygen atoms in total. The Morgan fingerprint density at radius 2 is 2.23 bits per heavy atom. The Morgan fingerprint density at radius 3 is 2.92 bits per heavy atom. The predicted octanol–water partition coefficient (Wildman–Crippen LogP) is 3.81. The van der Waals surface area contributed by atoms with Crippen molar-refractivity contribution in [2.45, 2.75) is 6.42 Å². The molecule has 0 aliphatic carbocycles. The number of thiol groups is 1. The van der Waals surface area contributed by atoms with Gasteiger partial charge < -0.3 is 0 Å². The van der Waals surface area contributed by atoms with Crippen LogP contribution in [0.15, 0.2) is 24.3 Å². The van der Waals surface area contributed by atoms with Crippen LogP contribution in [0.2, 0.25) is 5.02 Å². The Morgan fingerprint density at radius 1 is 1.46 bits per heavy atom. The van der Waals surface area contributed by atoms with E-state index in [2.05, 4.69) is 12.6 Å². The van der Waals surface area contributed by atoms with Gasteiger partial charge in [-0.1, -0.05) is 23.8 Å². The zero-order valence-corrected chi connectivity index (χ0v) is 8.65. The summed E-state index contributed by atoms with van der Waals surface area (Å²) in [6, 6.07) is 4.50. The van der Waals surface area contributed by atoms with Crippen molar-refractivity contribution < 1.29 is 4.39 Å². The summed E-state index contributed by atoms with van der Waals surface area (Å²) in [4.78, 5) is 0. The zero-order chi connectivity index (χ0) is 9.68. The molecule has 13 heavy (non-hydrogen) atoms. The van der Waals surface area contributed by atoms with Gasteiger partial charge in [-0.2, -0.15) is 12.6 Å². The van der Waals surface area contributed by atoms with E-state index in [-0.39, 0.29) is 5.82 Å². The van der Waals surface area contributed by atoms with Gasteiger partial charge in [-0.25, -0.2) is 4.39 Å². The van der Waals surface area contributed by atoms with Crippen LogP contribution in [-0.2, 0) is 0 Å². The Labute approximate surface area is 87.8 Å². The number of benzene rings is 1. The molecule has 0 saturated heterocycles. The third kappa shape index (κ3) is 3.41. The highest BCUT2D eigenvalue weighted by atomic mass is 35.5. The minimum absolute atomic E-state index is 0.250. The fraction of sp³-hybridized carbons (Fsp3) is 0.200. The van der Waals surface area contributed by atoms with Crippen LogP contribution in [0, 0.1) is 5.82 Å². The average Bonchev–Trinajstić information content (AvgIpc) is 2.11. The topological polar surface area (TPSA) is 0 Å². The smallest absolute Gasteiger partial charge is 0.130 e. The lowest BCUT2D eigenvalue weighted by Gasteiger charge is -1.96. The highest BCUT2D eigenvalue weighted by Crippen LogP contribution is 2.16. The van der Waals surface area contributed by atoms with Crippen LogP contribution in [0.5, 0.6) is 0 Å². The number of rotatable bonds is 3. The van der Waals surface area contributed by atoms with Crippen molar-refractivity contribution in [3.8, 4) is 0 Å². The zero-order valence-electron chi connectivity index (χ0n) is 7.00. The lowest BCUT2D eigenvalue weighted by Crippen LogP contribution is -1.80. The molecule has 0 radical (unpaired) electrons. The molecular formula is C10H10ClFS. The van der Waals surface area contributed by atoms with Gasteiger partial charge in [-0.3, -0.25) is 0 Å². The molecule has 1 aromatic carbocycles. The van der Waals surface area contributed by atoms with Gasteiger partial charge >= 0.3 is 0 Å². The van der Waals surface area contributed by atoms with Crippen LogP contribution >= 0.6 is 24.2 Å². The molecule has 1 aromatic rings. The molecule has 0 spiro atoms. The summed E-state index contributed by atoms with van der Waals surface area (Å²) in [6.07, 6.45) is 4.42. The van der Waals surface area contributed by atoms with E-state index < -0.39 is 0 Å². The van der Waals surface area contributed by atoms with Gasteiger partial charge in [0.2, 0.25) is 0 Å². The molecule has 70 valence electrons. The molecule has 0 atom stereocenters. The van der Waals surface area contributed by atoms with Crippen molar-refractivity contribution in [1.82, 2.24) is 0 Å². The molecule has 0 fully saturated rings. The highest BCUT2D eigenvalue weighted by Gasteiger charge is 1.97. The third-order valence-corrected chi connectivity index (χ3v) is 2.04. The maximum Gasteiger partial charge on any atom is 0.130 e. The minimum atomic E-state index is -0.250. The normalized spacial score (nSPS) is 11.0. The average molecular weight is 217 g/mol. The van der Waals surface area contributed by atoms with Gasteiger partial charge in [0, 0.05) is 10.6 Å². The highest BCUT2D eigenvalue weighted by molar-refractivity contribution is 7.80. The summed E-state index contributed by atoms with van der Waals surface area (Å²) in [5.74, 6) is 0.512. The van der Waals surface area contributed by atoms with Crippen molar-refractivity contribution in [3.05, 3.63) is 40.7 Å². The van der Waals surface area contributed by atoms with E-state index >= 15 is 0 Å². The molecule has 0 aliphatic rings. The summed E-state index contributed by atoms with van der Waals surface area (Å²) >= 11 is 9.76. The van der Waals surface area contributed by atoms with Gasteiger partial charge in [0.15, 0.2) is 0 Å². The van der Waals surface area contributed by atoms with E-state index in [9.17, 15) is 4.39 Å². The van der Waals surface area contributed by atoms with E-state index in [0.717, 1.165) is 12.2 Å². The standard InChI is InChI=1S/C10H10ClFS/c11-9-4-5-10(12)8(7-9)3-1-2-6-13/h1,3-5,7,13H,2,6H2. The van der Waals surface area contributed by atoms with E-state index in [4.69, 9.17) is 11.6 Å². The van der Waals surface area contributed by atoms with Crippen LogP contribution in [0.4, 0.5) is 4.39 Å². The summed E-state index contributed by atoms with van der Waals surface area (Å²) in [5.41, 5.74) is 0.522. The minimum Gasteiger partial charge on any atom is -0.206 e. The monoisotopic (exact) mass is 216 g/mol. The van der Waals surface area contributed by atoms with Crippen LogP contribution in [0.25, 0.3) is 6.08 Å². The SMILES string of the molecule is Fc1ccc(Cl)cc1C=CCCS. The molecular weight excluding hydrogens is 207 g/mol. The van der Waals surface area contributed by atoms with Gasteiger partial charge in [-0.15, -0.1) is 0 Å². The molecule has 0 aliphatic heterocycles. The molecule has 0 unspecified atom stereocenters. The molecule has 0 aromatic heterocycles. The molecule has 0 amide bonds. The number of allylic oxidation sites excluding steroid dienone is 1. The molecule has 0 saturated carbocycles. The summed E-state index contributed by atoms with van der Waals surface area (Å²) in [5, 5.41) is 0.548. The van der Waals surface area contributed by atoms with Gasteiger partial charge in [0.1, 0.15) is 5.82 Å². The second kappa shape index (κ2) is 5.30. The van der Waals surface area contributed by atoms with Crippen LogP contribution in [0.3, 0.4) is 0 Å². The Hall–Kier alpha value is -0.470. The second-order valence-corrected chi connectivity index (χ2v) is 3.46. The van der Waals surface area contributed by atoms with Crippen molar-refractivity contribution in [1.29, 1.82) is 0 Å². The van der Waals surface area contributed by atoms with Gasteiger partial charge in [0.25, 0.3) is 0 Å². The molecule has 0 heterocycles. The quantitative estimate of drug-likeness (QED) is 0.730. The van der Waals surface area contributed by atoms with Crippen molar-refractivity contribution in [2.75, 3.05) is 5.75 Å². The summed E-state index contributed by atoms with van der Waals surface area (Å²) in [6.45, 7) is 0. The first kappa shape index (κ1) is 10.6. The lowest BCUT2D eigenvalue weighted by atomic mass is 10.2. The Kier molecular flexibility index (Phi) is 4.33. The van der Waals surface area contributed by atoms with E-state index in [1.807, 2.05) is 6.08 Å². The fourth-order valence-electron chi connectivity index (χ4n) is 0.927. The third-order valence-electron chi connectivity index (χ3n) is 1.55. The van der Waals surface area contributed by atoms with Crippen LogP contribution in [0.1, 0.15) is 12.0 Å². The summed E-state index contributed by atoms with van der Waals surface area (Å²) in [7, 11) is 0. The molecule has 0 N–H and O–H groups in total. The fourth-order valence-corrected chi connectivity index (χ4v) is 1.26. The van der Waals surface area contributed by atoms with Gasteiger partial charge in [-0.05, 0) is 30.4 Å². The predicted molar refractivity (Wildman–Crippen MR) is 58.9 cm³/mol. The summed E-state index contributed by atoms with van der Waals surface area (Å²) < 4.78 is 13.1. The molecule has 3 heteroatoms. The second-order valence-electron chi connectivity index (χ2n) is 2.58. The van der Waals surface area contributed by atoms with Crippen molar-refractivity contribution >= 4 is 30.3 Å². The molecule has 1 rings (SSSR count). The van der Waals surface area contributed by atoms with Crippen LogP contribution < -0.4 is 0 Å². The maximum atomic E-state index is 13.1. The Bertz CT molecular complexity index is 310. The van der Waals surface area contributed by atoms with Crippen molar-refractivity contribution in [2.24, 2.45) is 0 Å². The van der Waals surface area contributed by atoms with E-state index in [0.29, 0.717) is 10.6 Å². The van der Waals surface area contributed by atoms with E-state index in [1.54, 1.807) is 12.1 Å². The lowest BCUT2D eigenvalue weighted by molar-refractivity contribution is 0.625. The maximum absolute atomic E-state index is 13.1. The van der Waals surface area contributed by atoms with E-state index in [1.165, 1.54) is 12.1 Å². The Balaban J connectivity index is 2.81. The number of halogens is 2. The van der Waals surface area contributed by atoms with Gasteiger partial charge in [0.05, 0.1) is 0 Å². The van der Waals surface area contributed by atoms with Crippen LogP contribution in [-0.4, -0.2) is 5.75 Å². The van der Waals surface area contributed by atoms with Crippen molar-refractivity contribution in [3.63, 3.8) is 0 Å². The first-order chi connectivity index (χ1) is 6.24. The molecule has 0 bridgehead atoms. The first-order valence-electron chi connectivity index (χ1n) is 3.96. The largest absolute Gasteiger partial charge is 0.206 e.